The fraction of sp³-hybridized carbons (Fsp3) is 0.300. The molecular weight excluding hydrogens is 368 g/mol. The summed E-state index contributed by atoms with van der Waals surface area (Å²) in [5.74, 6) is -0.549. The first-order chi connectivity index (χ1) is 12.8. The standard InChI is InChI=1S/C20H23ClN2O4/c1-5-26-16-8-7-14(11-17(16)27-6-2)22-19(24)20(25)23-18-13(4)9-12(3)10-15(18)21/h7-11H,5-6H2,1-4H3,(H,22,24)(H,23,25). The number of halogens is 1. The van der Waals surface area contributed by atoms with Crippen molar-refractivity contribution in [3.63, 3.8) is 0 Å². The lowest BCUT2D eigenvalue weighted by Crippen LogP contribution is -2.29. The summed E-state index contributed by atoms with van der Waals surface area (Å²) < 4.78 is 11.0. The van der Waals surface area contributed by atoms with E-state index >= 15 is 0 Å². The van der Waals surface area contributed by atoms with Crippen LogP contribution in [-0.2, 0) is 9.59 Å². The number of nitrogens with one attached hydrogen (secondary N) is 2. The summed E-state index contributed by atoms with van der Waals surface area (Å²) in [5.41, 5.74) is 2.59. The van der Waals surface area contributed by atoms with Gasteiger partial charge in [-0.25, -0.2) is 0 Å². The minimum atomic E-state index is -0.810. The van der Waals surface area contributed by atoms with E-state index in [1.165, 1.54) is 0 Å². The van der Waals surface area contributed by atoms with Gasteiger partial charge < -0.3 is 20.1 Å². The fourth-order valence-electron chi connectivity index (χ4n) is 2.56. The highest BCUT2D eigenvalue weighted by Crippen LogP contribution is 2.31. The van der Waals surface area contributed by atoms with E-state index in [9.17, 15) is 9.59 Å². The molecule has 7 heteroatoms. The number of amides is 2. The second kappa shape index (κ2) is 9.28. The van der Waals surface area contributed by atoms with E-state index in [0.717, 1.165) is 11.1 Å². The van der Waals surface area contributed by atoms with E-state index in [1.807, 2.05) is 33.8 Å². The lowest BCUT2D eigenvalue weighted by atomic mass is 10.1. The zero-order chi connectivity index (χ0) is 20.0. The smallest absolute Gasteiger partial charge is 0.314 e. The van der Waals surface area contributed by atoms with Gasteiger partial charge in [0.2, 0.25) is 0 Å². The van der Waals surface area contributed by atoms with Crippen LogP contribution < -0.4 is 20.1 Å². The number of rotatable bonds is 6. The van der Waals surface area contributed by atoms with Crippen molar-refractivity contribution in [3.05, 3.63) is 46.5 Å². The summed E-state index contributed by atoms with van der Waals surface area (Å²) in [4.78, 5) is 24.5. The molecule has 2 rings (SSSR count). The molecule has 0 spiro atoms. The van der Waals surface area contributed by atoms with Crippen molar-refractivity contribution >= 4 is 34.8 Å². The Labute approximate surface area is 163 Å². The number of benzene rings is 2. The highest BCUT2D eigenvalue weighted by molar-refractivity contribution is 6.45. The predicted octanol–water partition coefficient (Wildman–Crippen LogP) is 4.33. The van der Waals surface area contributed by atoms with Crippen LogP contribution in [0.15, 0.2) is 30.3 Å². The topological polar surface area (TPSA) is 76.7 Å². The largest absolute Gasteiger partial charge is 0.490 e. The molecular formula is C20H23ClN2O4. The molecule has 0 heterocycles. The van der Waals surface area contributed by atoms with Crippen LogP contribution in [0.2, 0.25) is 5.02 Å². The van der Waals surface area contributed by atoms with Crippen LogP contribution in [0.1, 0.15) is 25.0 Å². The number of anilines is 2. The van der Waals surface area contributed by atoms with Crippen LogP contribution >= 0.6 is 11.6 Å². The minimum Gasteiger partial charge on any atom is -0.490 e. The van der Waals surface area contributed by atoms with E-state index < -0.39 is 11.8 Å². The third-order valence-corrected chi connectivity index (χ3v) is 3.98. The van der Waals surface area contributed by atoms with Crippen molar-refractivity contribution in [2.75, 3.05) is 23.8 Å². The van der Waals surface area contributed by atoms with Crippen LogP contribution in [0.4, 0.5) is 11.4 Å². The molecule has 0 saturated carbocycles. The molecule has 144 valence electrons. The molecule has 6 nitrogen and oxygen atoms in total. The lowest BCUT2D eigenvalue weighted by molar-refractivity contribution is -0.133. The molecule has 2 aromatic carbocycles. The third kappa shape index (κ3) is 5.37. The molecule has 0 atom stereocenters. The Kier molecular flexibility index (Phi) is 7.07. The van der Waals surface area contributed by atoms with Gasteiger partial charge >= 0.3 is 11.8 Å². The Morgan fingerprint density at radius 2 is 1.56 bits per heavy atom. The lowest BCUT2D eigenvalue weighted by Gasteiger charge is -2.14. The number of carbonyl (C=O) groups is 2. The van der Waals surface area contributed by atoms with E-state index in [1.54, 1.807) is 24.3 Å². The van der Waals surface area contributed by atoms with Gasteiger partial charge in [-0.15, -0.1) is 0 Å². The molecule has 0 radical (unpaired) electrons. The van der Waals surface area contributed by atoms with Crippen molar-refractivity contribution in [1.29, 1.82) is 0 Å². The van der Waals surface area contributed by atoms with Crippen LogP contribution in [-0.4, -0.2) is 25.0 Å². The molecule has 2 N–H and O–H groups in total. The normalized spacial score (nSPS) is 10.3. The summed E-state index contributed by atoms with van der Waals surface area (Å²) in [6, 6.07) is 8.54. The van der Waals surface area contributed by atoms with Crippen LogP contribution in [0.3, 0.4) is 0 Å². The minimum absolute atomic E-state index is 0.383. The molecule has 2 aromatic rings. The van der Waals surface area contributed by atoms with Gasteiger partial charge in [-0.2, -0.15) is 0 Å². The first-order valence-electron chi connectivity index (χ1n) is 8.64. The Morgan fingerprint density at radius 3 is 2.19 bits per heavy atom. The van der Waals surface area contributed by atoms with Crippen molar-refractivity contribution in [3.8, 4) is 11.5 Å². The van der Waals surface area contributed by atoms with Gasteiger partial charge in [0, 0.05) is 11.8 Å². The zero-order valence-corrected chi connectivity index (χ0v) is 16.6. The molecule has 0 aliphatic carbocycles. The Bertz CT molecular complexity index is 829. The van der Waals surface area contributed by atoms with Crippen LogP contribution in [0.25, 0.3) is 0 Å². The molecule has 0 unspecified atom stereocenters. The van der Waals surface area contributed by atoms with E-state index in [4.69, 9.17) is 21.1 Å². The molecule has 0 aliphatic heterocycles. The van der Waals surface area contributed by atoms with Gasteiger partial charge in [0.15, 0.2) is 11.5 Å². The maximum Gasteiger partial charge on any atom is 0.314 e. The van der Waals surface area contributed by atoms with Crippen molar-refractivity contribution in [2.45, 2.75) is 27.7 Å². The first-order valence-corrected chi connectivity index (χ1v) is 9.02. The summed E-state index contributed by atoms with van der Waals surface area (Å²) in [6.45, 7) is 8.37. The van der Waals surface area contributed by atoms with Gasteiger partial charge in [-0.1, -0.05) is 17.7 Å². The quantitative estimate of drug-likeness (QED) is 0.719. The molecule has 0 bridgehead atoms. The SMILES string of the molecule is CCOc1ccc(NC(=O)C(=O)Nc2c(C)cc(C)cc2Cl)cc1OCC. The average molecular weight is 391 g/mol. The van der Waals surface area contributed by atoms with Gasteiger partial charge in [0.05, 0.1) is 23.9 Å². The maximum atomic E-state index is 12.2. The Hall–Kier alpha value is -2.73. The van der Waals surface area contributed by atoms with Gasteiger partial charge in [0.25, 0.3) is 0 Å². The number of carbonyl (C=O) groups excluding carboxylic acids is 2. The summed E-state index contributed by atoms with van der Waals surface area (Å²) >= 11 is 6.17. The maximum absolute atomic E-state index is 12.2. The van der Waals surface area contributed by atoms with Crippen LogP contribution in [0, 0.1) is 13.8 Å². The highest BCUT2D eigenvalue weighted by atomic mass is 35.5. The number of ether oxygens (including phenoxy) is 2. The number of hydrogen-bond donors (Lipinski definition) is 2. The third-order valence-electron chi connectivity index (χ3n) is 3.68. The average Bonchev–Trinajstić information content (AvgIpc) is 2.60. The molecule has 2 amide bonds. The summed E-state index contributed by atoms with van der Waals surface area (Å²) in [7, 11) is 0. The van der Waals surface area contributed by atoms with Crippen molar-refractivity contribution < 1.29 is 19.1 Å². The van der Waals surface area contributed by atoms with E-state index in [2.05, 4.69) is 10.6 Å². The van der Waals surface area contributed by atoms with Crippen LogP contribution in [0.5, 0.6) is 11.5 Å². The molecule has 0 aliphatic rings. The number of hydrogen-bond acceptors (Lipinski definition) is 4. The summed E-state index contributed by atoms with van der Waals surface area (Å²) in [6.07, 6.45) is 0. The van der Waals surface area contributed by atoms with Crippen molar-refractivity contribution in [2.24, 2.45) is 0 Å². The van der Waals surface area contributed by atoms with E-state index in [0.29, 0.717) is 41.1 Å². The Morgan fingerprint density at radius 1 is 0.926 bits per heavy atom. The molecule has 27 heavy (non-hydrogen) atoms. The predicted molar refractivity (Wildman–Crippen MR) is 107 cm³/mol. The second-order valence-corrected chi connectivity index (χ2v) is 6.28. The van der Waals surface area contributed by atoms with Gasteiger partial charge in [-0.3, -0.25) is 9.59 Å². The van der Waals surface area contributed by atoms with E-state index in [-0.39, 0.29) is 0 Å². The molecule has 0 fully saturated rings. The zero-order valence-electron chi connectivity index (χ0n) is 15.8. The fourth-order valence-corrected chi connectivity index (χ4v) is 2.93. The monoisotopic (exact) mass is 390 g/mol. The van der Waals surface area contributed by atoms with Crippen molar-refractivity contribution in [1.82, 2.24) is 0 Å². The van der Waals surface area contributed by atoms with Gasteiger partial charge in [-0.05, 0) is 57.0 Å². The second-order valence-electron chi connectivity index (χ2n) is 5.87. The summed E-state index contributed by atoms with van der Waals surface area (Å²) in [5, 5.41) is 5.49. The Balaban J connectivity index is 2.12. The first kappa shape index (κ1) is 20.6. The molecule has 0 saturated heterocycles. The van der Waals surface area contributed by atoms with Gasteiger partial charge in [0.1, 0.15) is 0 Å². The molecule has 0 aromatic heterocycles. The number of aryl methyl sites for hydroxylation is 2. The highest BCUT2D eigenvalue weighted by Gasteiger charge is 2.18.